The molecule has 0 aliphatic rings. The SMILES string of the molecule is CCN(CC(=O)N(C)C)C(=O)c1ccc(CCl)cc1. The lowest BCUT2D eigenvalue weighted by molar-refractivity contribution is -0.129. The summed E-state index contributed by atoms with van der Waals surface area (Å²) in [5.41, 5.74) is 1.54. The van der Waals surface area contributed by atoms with Crippen molar-refractivity contribution in [3.8, 4) is 0 Å². The van der Waals surface area contributed by atoms with Crippen LogP contribution in [0.15, 0.2) is 24.3 Å². The maximum Gasteiger partial charge on any atom is 0.254 e. The normalized spacial score (nSPS) is 10.1. The van der Waals surface area contributed by atoms with Gasteiger partial charge in [0.25, 0.3) is 5.91 Å². The van der Waals surface area contributed by atoms with Crippen LogP contribution in [0, 0.1) is 0 Å². The Bertz CT molecular complexity index is 443. The molecule has 0 N–H and O–H groups in total. The van der Waals surface area contributed by atoms with Crippen LogP contribution in [-0.4, -0.2) is 48.8 Å². The second-order valence-corrected chi connectivity index (χ2v) is 4.71. The van der Waals surface area contributed by atoms with E-state index in [1.165, 1.54) is 9.80 Å². The van der Waals surface area contributed by atoms with Crippen molar-refractivity contribution in [3.63, 3.8) is 0 Å². The average molecular weight is 283 g/mol. The fraction of sp³-hybridized carbons (Fsp3) is 0.429. The molecule has 0 bridgehead atoms. The fourth-order valence-electron chi connectivity index (χ4n) is 1.55. The van der Waals surface area contributed by atoms with Gasteiger partial charge in [0.05, 0.1) is 6.54 Å². The number of hydrogen-bond acceptors (Lipinski definition) is 2. The Balaban J connectivity index is 2.80. The van der Waals surface area contributed by atoms with Gasteiger partial charge in [0, 0.05) is 32.1 Å². The second kappa shape index (κ2) is 7.14. The molecule has 0 unspecified atom stereocenters. The van der Waals surface area contributed by atoms with E-state index in [0.29, 0.717) is 18.0 Å². The minimum absolute atomic E-state index is 0.0902. The summed E-state index contributed by atoms with van der Waals surface area (Å²) in [6.07, 6.45) is 0. The first-order chi connectivity index (χ1) is 8.99. The number of likely N-dealkylation sites (N-methyl/N-ethyl adjacent to an activating group) is 2. The molecule has 0 fully saturated rings. The van der Waals surface area contributed by atoms with Crippen LogP contribution in [0.4, 0.5) is 0 Å². The van der Waals surface area contributed by atoms with Crippen molar-refractivity contribution in [1.82, 2.24) is 9.80 Å². The Morgan fingerprint density at radius 2 is 1.74 bits per heavy atom. The standard InChI is InChI=1S/C14H19ClN2O2/c1-4-17(10-13(18)16(2)3)14(19)12-7-5-11(9-15)6-8-12/h5-8H,4,9-10H2,1-3H3. The fourth-order valence-corrected chi connectivity index (χ4v) is 1.73. The van der Waals surface area contributed by atoms with Gasteiger partial charge in [-0.2, -0.15) is 0 Å². The minimum atomic E-state index is -0.140. The highest BCUT2D eigenvalue weighted by atomic mass is 35.5. The van der Waals surface area contributed by atoms with E-state index in [0.717, 1.165) is 5.56 Å². The number of amides is 2. The molecule has 0 spiro atoms. The first kappa shape index (κ1) is 15.5. The molecule has 2 amide bonds. The third-order valence-corrected chi connectivity index (χ3v) is 3.16. The zero-order valence-corrected chi connectivity index (χ0v) is 12.3. The topological polar surface area (TPSA) is 40.6 Å². The maximum absolute atomic E-state index is 12.3. The highest BCUT2D eigenvalue weighted by Crippen LogP contribution is 2.09. The summed E-state index contributed by atoms with van der Waals surface area (Å²) >= 11 is 5.71. The molecule has 1 aromatic carbocycles. The highest BCUT2D eigenvalue weighted by Gasteiger charge is 2.17. The Morgan fingerprint density at radius 1 is 1.16 bits per heavy atom. The van der Waals surface area contributed by atoms with Gasteiger partial charge in [0.15, 0.2) is 0 Å². The first-order valence-corrected chi connectivity index (χ1v) is 6.67. The van der Waals surface area contributed by atoms with Gasteiger partial charge in [0.1, 0.15) is 0 Å². The van der Waals surface area contributed by atoms with Crippen LogP contribution in [0.5, 0.6) is 0 Å². The van der Waals surface area contributed by atoms with Gasteiger partial charge >= 0.3 is 0 Å². The van der Waals surface area contributed by atoms with Gasteiger partial charge in [-0.15, -0.1) is 11.6 Å². The van der Waals surface area contributed by atoms with Gasteiger partial charge in [-0.3, -0.25) is 9.59 Å². The van der Waals surface area contributed by atoms with Crippen molar-refractivity contribution in [3.05, 3.63) is 35.4 Å². The Labute approximate surface area is 118 Å². The van der Waals surface area contributed by atoms with Crippen molar-refractivity contribution in [2.24, 2.45) is 0 Å². The van der Waals surface area contributed by atoms with E-state index in [9.17, 15) is 9.59 Å². The van der Waals surface area contributed by atoms with Crippen molar-refractivity contribution in [2.75, 3.05) is 27.2 Å². The number of benzene rings is 1. The predicted octanol–water partition coefficient (Wildman–Crippen LogP) is 1.98. The van der Waals surface area contributed by atoms with E-state index >= 15 is 0 Å². The molecule has 0 atom stereocenters. The van der Waals surface area contributed by atoms with E-state index < -0.39 is 0 Å². The van der Waals surface area contributed by atoms with Gasteiger partial charge in [-0.05, 0) is 24.6 Å². The van der Waals surface area contributed by atoms with Crippen LogP contribution < -0.4 is 0 Å². The summed E-state index contributed by atoms with van der Waals surface area (Å²) in [5.74, 6) is 0.192. The molecule has 0 aromatic heterocycles. The van der Waals surface area contributed by atoms with E-state index in [1.807, 2.05) is 19.1 Å². The van der Waals surface area contributed by atoms with Crippen molar-refractivity contribution in [1.29, 1.82) is 0 Å². The smallest absolute Gasteiger partial charge is 0.254 e. The number of carbonyl (C=O) groups excluding carboxylic acids is 2. The zero-order valence-electron chi connectivity index (χ0n) is 11.5. The minimum Gasteiger partial charge on any atom is -0.347 e. The number of rotatable bonds is 5. The summed E-state index contributed by atoms with van der Waals surface area (Å²) in [6.45, 7) is 2.45. The Hall–Kier alpha value is -1.55. The number of nitrogens with zero attached hydrogens (tertiary/aromatic N) is 2. The number of hydrogen-bond donors (Lipinski definition) is 0. The second-order valence-electron chi connectivity index (χ2n) is 4.44. The summed E-state index contributed by atoms with van der Waals surface area (Å²) in [6, 6.07) is 7.12. The van der Waals surface area contributed by atoms with E-state index in [-0.39, 0.29) is 18.4 Å². The molecule has 0 radical (unpaired) electrons. The van der Waals surface area contributed by atoms with Gasteiger partial charge in [-0.25, -0.2) is 0 Å². The molecule has 4 nitrogen and oxygen atoms in total. The van der Waals surface area contributed by atoms with Crippen LogP contribution in [0.1, 0.15) is 22.8 Å². The van der Waals surface area contributed by atoms with Gasteiger partial charge in [0.2, 0.25) is 5.91 Å². The molecule has 1 rings (SSSR count). The maximum atomic E-state index is 12.3. The lowest BCUT2D eigenvalue weighted by atomic mass is 10.1. The number of carbonyl (C=O) groups is 2. The van der Waals surface area contributed by atoms with Gasteiger partial charge < -0.3 is 9.80 Å². The molecule has 1 aromatic rings. The molecular weight excluding hydrogens is 264 g/mol. The van der Waals surface area contributed by atoms with Crippen molar-refractivity contribution >= 4 is 23.4 Å². The van der Waals surface area contributed by atoms with Crippen LogP contribution in [0.2, 0.25) is 0 Å². The monoisotopic (exact) mass is 282 g/mol. The van der Waals surface area contributed by atoms with Crippen LogP contribution in [0.3, 0.4) is 0 Å². The third-order valence-electron chi connectivity index (χ3n) is 2.85. The van der Waals surface area contributed by atoms with Crippen LogP contribution >= 0.6 is 11.6 Å². The molecular formula is C14H19ClN2O2. The number of halogens is 1. The number of alkyl halides is 1. The van der Waals surface area contributed by atoms with Crippen molar-refractivity contribution in [2.45, 2.75) is 12.8 Å². The Kier molecular flexibility index (Phi) is 5.83. The molecule has 0 aliphatic carbocycles. The summed E-state index contributed by atoms with van der Waals surface area (Å²) < 4.78 is 0. The van der Waals surface area contributed by atoms with Crippen LogP contribution in [0.25, 0.3) is 0 Å². The molecule has 0 saturated heterocycles. The summed E-state index contributed by atoms with van der Waals surface area (Å²) in [4.78, 5) is 26.9. The molecule has 0 heterocycles. The highest BCUT2D eigenvalue weighted by molar-refractivity contribution is 6.17. The largest absolute Gasteiger partial charge is 0.347 e. The lowest BCUT2D eigenvalue weighted by Gasteiger charge is -2.22. The summed E-state index contributed by atoms with van der Waals surface area (Å²) in [5, 5.41) is 0. The van der Waals surface area contributed by atoms with E-state index in [1.54, 1.807) is 26.2 Å². The average Bonchev–Trinajstić information content (AvgIpc) is 2.43. The lowest BCUT2D eigenvalue weighted by Crippen LogP contribution is -2.40. The predicted molar refractivity (Wildman–Crippen MR) is 76.3 cm³/mol. The molecule has 104 valence electrons. The first-order valence-electron chi connectivity index (χ1n) is 6.14. The molecule has 0 saturated carbocycles. The zero-order chi connectivity index (χ0) is 14.4. The molecule has 5 heteroatoms. The molecule has 19 heavy (non-hydrogen) atoms. The van der Waals surface area contributed by atoms with E-state index in [4.69, 9.17) is 11.6 Å². The molecule has 0 aliphatic heterocycles. The quantitative estimate of drug-likeness (QED) is 0.775. The van der Waals surface area contributed by atoms with Crippen LogP contribution in [-0.2, 0) is 10.7 Å². The Morgan fingerprint density at radius 3 is 2.16 bits per heavy atom. The van der Waals surface area contributed by atoms with E-state index in [2.05, 4.69) is 0 Å². The van der Waals surface area contributed by atoms with Crippen molar-refractivity contribution < 1.29 is 9.59 Å². The third kappa shape index (κ3) is 4.24. The van der Waals surface area contributed by atoms with Gasteiger partial charge in [-0.1, -0.05) is 12.1 Å². The summed E-state index contributed by atoms with van der Waals surface area (Å²) in [7, 11) is 3.35.